The Labute approximate surface area is 129 Å². The Bertz CT molecular complexity index is 730. The van der Waals surface area contributed by atoms with Gasteiger partial charge in [0.2, 0.25) is 0 Å². The molecule has 0 bridgehead atoms. The predicted molar refractivity (Wildman–Crippen MR) is 75.5 cm³/mol. The van der Waals surface area contributed by atoms with Gasteiger partial charge in [0.1, 0.15) is 5.75 Å². The van der Waals surface area contributed by atoms with E-state index >= 15 is 0 Å². The highest BCUT2D eigenvalue weighted by Gasteiger charge is 2.38. The van der Waals surface area contributed by atoms with Crippen LogP contribution >= 0.6 is 11.5 Å². The standard InChI is InChI=1S/C12H11F3N2O3S2/c1-8(12(13,14)15)20-10-5-3-2-4-9(10)17-22(18,19)11-6-7-16-21-11/h2-8,17H,1H3. The van der Waals surface area contributed by atoms with Crippen LogP contribution in [0.3, 0.4) is 0 Å². The number of para-hydroxylation sites is 2. The number of benzene rings is 1. The van der Waals surface area contributed by atoms with E-state index < -0.39 is 22.3 Å². The van der Waals surface area contributed by atoms with Crippen LogP contribution in [0.2, 0.25) is 0 Å². The predicted octanol–water partition coefficient (Wildman–Crippen LogP) is 3.27. The molecular formula is C12H11F3N2O3S2. The lowest BCUT2D eigenvalue weighted by molar-refractivity contribution is -0.189. The molecule has 1 aromatic carbocycles. The number of hydrogen-bond donors (Lipinski definition) is 1. The van der Waals surface area contributed by atoms with Crippen molar-refractivity contribution < 1.29 is 26.3 Å². The van der Waals surface area contributed by atoms with Crippen molar-refractivity contribution in [3.8, 4) is 5.75 Å². The number of nitrogens with zero attached hydrogens (tertiary/aromatic N) is 1. The van der Waals surface area contributed by atoms with E-state index in [1.54, 1.807) is 0 Å². The van der Waals surface area contributed by atoms with Gasteiger partial charge in [-0.05, 0) is 36.7 Å². The summed E-state index contributed by atoms with van der Waals surface area (Å²) < 4.78 is 72.5. The highest BCUT2D eigenvalue weighted by Crippen LogP contribution is 2.31. The third-order valence-electron chi connectivity index (χ3n) is 2.58. The maximum absolute atomic E-state index is 12.6. The van der Waals surface area contributed by atoms with Crippen LogP contribution in [0, 0.1) is 0 Å². The summed E-state index contributed by atoms with van der Waals surface area (Å²) in [7, 11) is -3.92. The quantitative estimate of drug-likeness (QED) is 0.897. The van der Waals surface area contributed by atoms with Crippen LogP contribution in [0.4, 0.5) is 18.9 Å². The SMILES string of the molecule is CC(Oc1ccccc1NS(=O)(=O)c1ccns1)C(F)(F)F. The average Bonchev–Trinajstić information content (AvgIpc) is 2.94. The molecule has 120 valence electrons. The second-order valence-electron chi connectivity index (χ2n) is 4.23. The molecule has 0 fully saturated rings. The van der Waals surface area contributed by atoms with Crippen LogP contribution in [0.5, 0.6) is 5.75 Å². The van der Waals surface area contributed by atoms with Gasteiger partial charge in [-0.1, -0.05) is 12.1 Å². The number of hydrogen-bond acceptors (Lipinski definition) is 5. The smallest absolute Gasteiger partial charge is 0.425 e. The maximum atomic E-state index is 12.6. The number of sulfonamides is 1. The molecule has 1 unspecified atom stereocenters. The Morgan fingerprint density at radius 1 is 1.27 bits per heavy atom. The van der Waals surface area contributed by atoms with E-state index in [0.717, 1.165) is 18.5 Å². The minimum atomic E-state index is -4.55. The van der Waals surface area contributed by atoms with Crippen molar-refractivity contribution in [2.75, 3.05) is 4.72 Å². The van der Waals surface area contributed by atoms with E-state index in [-0.39, 0.29) is 15.6 Å². The van der Waals surface area contributed by atoms with E-state index in [9.17, 15) is 21.6 Å². The lowest BCUT2D eigenvalue weighted by Gasteiger charge is -2.19. The second-order valence-corrected chi connectivity index (χ2v) is 6.98. The molecule has 0 amide bonds. The summed E-state index contributed by atoms with van der Waals surface area (Å²) in [4.78, 5) is 0. The molecule has 2 aromatic rings. The van der Waals surface area contributed by atoms with Gasteiger partial charge in [0.05, 0.1) is 5.69 Å². The largest absolute Gasteiger partial charge is 0.479 e. The number of ether oxygens (including phenoxy) is 1. The van der Waals surface area contributed by atoms with Gasteiger partial charge in [-0.15, -0.1) is 0 Å². The van der Waals surface area contributed by atoms with Gasteiger partial charge in [0.25, 0.3) is 10.0 Å². The summed E-state index contributed by atoms with van der Waals surface area (Å²) in [6, 6.07) is 6.79. The zero-order valence-corrected chi connectivity index (χ0v) is 12.8. The van der Waals surface area contributed by atoms with Crippen LogP contribution in [-0.4, -0.2) is 25.1 Å². The molecular weight excluding hydrogens is 341 g/mol. The fourth-order valence-electron chi connectivity index (χ4n) is 1.45. The minimum absolute atomic E-state index is 0.0498. The van der Waals surface area contributed by atoms with E-state index in [2.05, 4.69) is 9.10 Å². The molecule has 5 nitrogen and oxygen atoms in total. The lowest BCUT2D eigenvalue weighted by atomic mass is 10.3. The summed E-state index contributed by atoms with van der Waals surface area (Å²) in [5.41, 5.74) is -0.0769. The van der Waals surface area contributed by atoms with E-state index in [0.29, 0.717) is 0 Å². The number of nitrogens with one attached hydrogen (secondary N) is 1. The first kappa shape index (κ1) is 16.6. The lowest BCUT2D eigenvalue weighted by Crippen LogP contribution is -2.31. The maximum Gasteiger partial charge on any atom is 0.425 e. The van der Waals surface area contributed by atoms with Gasteiger partial charge in [-0.3, -0.25) is 4.72 Å². The summed E-state index contributed by atoms with van der Waals surface area (Å²) in [6.45, 7) is 0.842. The molecule has 1 heterocycles. The molecule has 0 aliphatic heterocycles. The Morgan fingerprint density at radius 3 is 2.55 bits per heavy atom. The van der Waals surface area contributed by atoms with E-state index in [1.165, 1.54) is 36.5 Å². The molecule has 22 heavy (non-hydrogen) atoms. The van der Waals surface area contributed by atoms with Crippen molar-refractivity contribution in [1.82, 2.24) is 4.37 Å². The summed E-state index contributed by atoms with van der Waals surface area (Å²) in [5, 5.41) is 0. The first-order valence-corrected chi connectivity index (χ1v) is 8.22. The fraction of sp³-hybridized carbons (Fsp3) is 0.250. The highest BCUT2D eigenvalue weighted by molar-refractivity contribution is 7.94. The molecule has 0 aliphatic carbocycles. The first-order chi connectivity index (χ1) is 10.2. The Hall–Kier alpha value is -1.81. The van der Waals surface area contributed by atoms with Crippen molar-refractivity contribution in [2.24, 2.45) is 0 Å². The minimum Gasteiger partial charge on any atom is -0.479 e. The van der Waals surface area contributed by atoms with Crippen LogP contribution in [0.1, 0.15) is 6.92 Å². The highest BCUT2D eigenvalue weighted by atomic mass is 32.2. The molecule has 10 heteroatoms. The van der Waals surface area contributed by atoms with Crippen molar-refractivity contribution in [3.05, 3.63) is 36.5 Å². The molecule has 1 aromatic heterocycles. The zero-order valence-electron chi connectivity index (χ0n) is 11.2. The molecule has 1 N–H and O–H groups in total. The topological polar surface area (TPSA) is 68.3 Å². The Morgan fingerprint density at radius 2 is 1.95 bits per heavy atom. The molecule has 0 aliphatic rings. The summed E-state index contributed by atoms with van der Waals surface area (Å²) in [6.07, 6.45) is -5.31. The van der Waals surface area contributed by atoms with E-state index in [1.807, 2.05) is 0 Å². The van der Waals surface area contributed by atoms with Gasteiger partial charge >= 0.3 is 6.18 Å². The van der Waals surface area contributed by atoms with Gasteiger partial charge in [0, 0.05) is 6.20 Å². The molecule has 0 saturated carbocycles. The normalized spacial score (nSPS) is 13.6. The average molecular weight is 352 g/mol. The number of anilines is 1. The van der Waals surface area contributed by atoms with Crippen molar-refractivity contribution in [2.45, 2.75) is 23.4 Å². The monoisotopic (exact) mass is 352 g/mol. The van der Waals surface area contributed by atoms with E-state index in [4.69, 9.17) is 4.74 Å². The van der Waals surface area contributed by atoms with Crippen LogP contribution < -0.4 is 9.46 Å². The third-order valence-corrected chi connectivity index (χ3v) is 5.15. The second kappa shape index (κ2) is 6.13. The molecule has 0 saturated heterocycles. The van der Waals surface area contributed by atoms with Crippen LogP contribution in [0.15, 0.2) is 40.7 Å². The van der Waals surface area contributed by atoms with Crippen molar-refractivity contribution >= 4 is 27.2 Å². The number of aromatic nitrogens is 1. The molecule has 2 rings (SSSR count). The molecule has 0 radical (unpaired) electrons. The third kappa shape index (κ3) is 3.89. The first-order valence-electron chi connectivity index (χ1n) is 5.96. The van der Waals surface area contributed by atoms with Gasteiger partial charge < -0.3 is 4.74 Å². The van der Waals surface area contributed by atoms with Crippen molar-refractivity contribution in [1.29, 1.82) is 0 Å². The Kier molecular flexibility index (Phi) is 4.61. The molecule has 1 atom stereocenters. The Balaban J connectivity index is 2.26. The van der Waals surface area contributed by atoms with Gasteiger partial charge in [-0.25, -0.2) is 8.42 Å². The number of alkyl halides is 3. The molecule has 0 spiro atoms. The van der Waals surface area contributed by atoms with Crippen molar-refractivity contribution in [3.63, 3.8) is 0 Å². The fourth-order valence-corrected chi connectivity index (χ4v) is 3.24. The zero-order chi connectivity index (χ0) is 16.4. The van der Waals surface area contributed by atoms with Gasteiger partial charge in [0.15, 0.2) is 10.3 Å². The number of halogens is 3. The van der Waals surface area contributed by atoms with Crippen LogP contribution in [-0.2, 0) is 10.0 Å². The summed E-state index contributed by atoms with van der Waals surface area (Å²) in [5.74, 6) is -0.208. The number of rotatable bonds is 5. The summed E-state index contributed by atoms with van der Waals surface area (Å²) >= 11 is 0.752. The van der Waals surface area contributed by atoms with Crippen LogP contribution in [0.25, 0.3) is 0 Å². The van der Waals surface area contributed by atoms with Gasteiger partial charge in [-0.2, -0.15) is 17.5 Å².